The number of alkyl halides is 3. The molecular formula is C13H14F3N3O3. The molecule has 0 saturated carbocycles. The van der Waals surface area contributed by atoms with Gasteiger partial charge in [0.25, 0.3) is 0 Å². The van der Waals surface area contributed by atoms with Crippen LogP contribution < -0.4 is 0 Å². The van der Waals surface area contributed by atoms with Crippen molar-refractivity contribution < 1.29 is 27.9 Å². The summed E-state index contributed by atoms with van der Waals surface area (Å²) in [4.78, 5) is 11.7. The first-order valence-electron chi connectivity index (χ1n) is 6.41. The van der Waals surface area contributed by atoms with E-state index in [9.17, 15) is 23.2 Å². The first-order chi connectivity index (χ1) is 10.3. The zero-order valence-corrected chi connectivity index (χ0v) is 11.8. The number of esters is 1. The average Bonchev–Trinajstić information content (AvgIpc) is 2.83. The molecule has 9 heteroatoms. The van der Waals surface area contributed by atoms with Gasteiger partial charge in [-0.1, -0.05) is 0 Å². The van der Waals surface area contributed by atoms with Crippen molar-refractivity contribution >= 4 is 5.97 Å². The lowest BCUT2D eigenvalue weighted by molar-refractivity contribution is -0.145. The molecule has 0 radical (unpaired) electrons. The zero-order chi connectivity index (χ0) is 16.5. The number of aromatic nitrogens is 2. The minimum absolute atomic E-state index is 0.0386. The Hall–Kier alpha value is -2.29. The van der Waals surface area contributed by atoms with Gasteiger partial charge in [-0.3, -0.25) is 5.21 Å². The molecule has 1 atom stereocenters. The highest BCUT2D eigenvalue weighted by Gasteiger charge is 2.42. The first-order valence-corrected chi connectivity index (χ1v) is 6.41. The number of carbonyl (C=O) groups is 1. The van der Waals surface area contributed by atoms with E-state index in [4.69, 9.17) is 0 Å². The van der Waals surface area contributed by atoms with Crippen molar-refractivity contribution in [2.75, 3.05) is 6.61 Å². The van der Waals surface area contributed by atoms with Crippen LogP contribution in [0.2, 0.25) is 0 Å². The highest BCUT2D eigenvalue weighted by molar-refractivity contribution is 5.90. The summed E-state index contributed by atoms with van der Waals surface area (Å²) in [5, 5.41) is 13.7. The van der Waals surface area contributed by atoms with Crippen LogP contribution in [-0.4, -0.2) is 32.6 Å². The molecule has 2 rings (SSSR count). The average molecular weight is 317 g/mol. The number of hydroxylamine groups is 2. The van der Waals surface area contributed by atoms with Gasteiger partial charge in [0, 0.05) is 12.4 Å². The smallest absolute Gasteiger partial charge is 0.433 e. The second-order valence-electron chi connectivity index (χ2n) is 4.61. The largest absolute Gasteiger partial charge is 0.462 e. The van der Waals surface area contributed by atoms with Crippen molar-refractivity contribution in [3.05, 3.63) is 41.5 Å². The van der Waals surface area contributed by atoms with Crippen molar-refractivity contribution in [3.63, 3.8) is 0 Å². The molecular weight excluding hydrogens is 303 g/mol. The third kappa shape index (κ3) is 2.98. The van der Waals surface area contributed by atoms with Gasteiger partial charge in [-0.2, -0.15) is 18.3 Å². The molecule has 1 aliphatic rings. The Morgan fingerprint density at radius 3 is 2.73 bits per heavy atom. The molecule has 0 spiro atoms. The van der Waals surface area contributed by atoms with Gasteiger partial charge in [0.1, 0.15) is 5.56 Å². The number of hydrogen-bond donors (Lipinski definition) is 1. The number of allylic oxidation sites excluding steroid dienone is 2. The third-order valence-electron chi connectivity index (χ3n) is 3.05. The van der Waals surface area contributed by atoms with E-state index in [2.05, 4.69) is 9.84 Å². The summed E-state index contributed by atoms with van der Waals surface area (Å²) < 4.78 is 45.3. The van der Waals surface area contributed by atoms with Gasteiger partial charge in [-0.25, -0.2) is 14.5 Å². The zero-order valence-electron chi connectivity index (χ0n) is 11.8. The van der Waals surface area contributed by atoms with Crippen molar-refractivity contribution in [2.45, 2.75) is 26.1 Å². The Kier molecular flexibility index (Phi) is 4.27. The Labute approximate surface area is 124 Å². The first kappa shape index (κ1) is 16.1. The molecule has 6 nitrogen and oxygen atoms in total. The predicted octanol–water partition coefficient (Wildman–Crippen LogP) is 2.74. The fourth-order valence-electron chi connectivity index (χ4n) is 2.14. The van der Waals surface area contributed by atoms with Crippen molar-refractivity contribution in [1.29, 1.82) is 0 Å². The summed E-state index contributed by atoms with van der Waals surface area (Å²) in [6.07, 6.45) is -0.136. The molecule has 0 aromatic carbocycles. The molecule has 1 unspecified atom stereocenters. The highest BCUT2D eigenvalue weighted by Crippen LogP contribution is 2.36. The van der Waals surface area contributed by atoms with E-state index in [1.807, 2.05) is 0 Å². The van der Waals surface area contributed by atoms with Crippen LogP contribution in [0.25, 0.3) is 0 Å². The van der Waals surface area contributed by atoms with E-state index in [1.165, 1.54) is 25.4 Å². The second-order valence-corrected chi connectivity index (χ2v) is 4.61. The molecule has 1 N–H and O–H groups in total. The lowest BCUT2D eigenvalue weighted by Gasteiger charge is -2.24. The molecule has 1 aromatic rings. The quantitative estimate of drug-likeness (QED) is 0.868. The molecule has 0 bridgehead atoms. The maximum absolute atomic E-state index is 13.3. The van der Waals surface area contributed by atoms with Crippen LogP contribution >= 0.6 is 0 Å². The van der Waals surface area contributed by atoms with Crippen molar-refractivity contribution in [2.24, 2.45) is 0 Å². The molecule has 2 heterocycles. The molecule has 22 heavy (non-hydrogen) atoms. The van der Waals surface area contributed by atoms with Crippen LogP contribution in [0.5, 0.6) is 0 Å². The molecule has 1 aliphatic heterocycles. The second kappa shape index (κ2) is 5.84. The minimum atomic E-state index is -4.77. The normalized spacial score (nSPS) is 18.4. The van der Waals surface area contributed by atoms with Crippen molar-refractivity contribution in [3.8, 4) is 0 Å². The molecule has 0 amide bonds. The summed E-state index contributed by atoms with van der Waals surface area (Å²) in [5.41, 5.74) is -1.39. The summed E-state index contributed by atoms with van der Waals surface area (Å²) >= 11 is 0. The number of hydrogen-bond acceptors (Lipinski definition) is 5. The Morgan fingerprint density at radius 2 is 2.18 bits per heavy atom. The number of carbonyl (C=O) groups excluding carboxylic acids is 1. The van der Waals surface area contributed by atoms with E-state index in [1.54, 1.807) is 6.92 Å². The minimum Gasteiger partial charge on any atom is -0.462 e. The standard InChI is InChI=1S/C13H14F3N3O3/c1-3-22-12(20)9-6-17-19(11(9)13(14,15)16)10-4-5-18(21)7-8(10)2/h4-7,10,21H,3H2,1-2H3. The van der Waals surface area contributed by atoms with Crippen LogP contribution in [0.15, 0.2) is 30.2 Å². The van der Waals surface area contributed by atoms with E-state index in [0.717, 1.165) is 11.3 Å². The number of halogens is 3. The Balaban J connectivity index is 2.52. The molecule has 120 valence electrons. The van der Waals surface area contributed by atoms with Crippen molar-refractivity contribution in [1.82, 2.24) is 14.8 Å². The molecule has 0 saturated heterocycles. The van der Waals surface area contributed by atoms with E-state index >= 15 is 0 Å². The fraction of sp³-hybridized carbons (Fsp3) is 0.385. The lowest BCUT2D eigenvalue weighted by Crippen LogP contribution is -2.24. The summed E-state index contributed by atoms with van der Waals surface area (Å²) in [6.45, 7) is 3.01. The summed E-state index contributed by atoms with van der Waals surface area (Å²) in [7, 11) is 0. The maximum Gasteiger partial charge on any atom is 0.433 e. The third-order valence-corrected chi connectivity index (χ3v) is 3.05. The summed E-state index contributed by atoms with van der Waals surface area (Å²) in [5.74, 6) is -1.08. The molecule has 1 aromatic heterocycles. The van der Waals surface area contributed by atoms with Crippen LogP contribution in [0.3, 0.4) is 0 Å². The topological polar surface area (TPSA) is 67.6 Å². The Bertz CT molecular complexity index is 634. The lowest BCUT2D eigenvalue weighted by atomic mass is 10.1. The van der Waals surface area contributed by atoms with Gasteiger partial charge in [-0.15, -0.1) is 0 Å². The van der Waals surface area contributed by atoms with Crippen LogP contribution in [0.1, 0.15) is 35.9 Å². The number of nitrogens with zero attached hydrogens (tertiary/aromatic N) is 3. The van der Waals surface area contributed by atoms with Gasteiger partial charge in [-0.05, 0) is 25.5 Å². The number of rotatable bonds is 3. The maximum atomic E-state index is 13.3. The van der Waals surface area contributed by atoms with Crippen LogP contribution in [0.4, 0.5) is 13.2 Å². The Morgan fingerprint density at radius 1 is 1.50 bits per heavy atom. The van der Waals surface area contributed by atoms with Crippen LogP contribution in [-0.2, 0) is 10.9 Å². The van der Waals surface area contributed by atoms with Gasteiger partial charge >= 0.3 is 12.1 Å². The van der Waals surface area contributed by atoms with E-state index in [0.29, 0.717) is 10.3 Å². The highest BCUT2D eigenvalue weighted by atomic mass is 19.4. The van der Waals surface area contributed by atoms with E-state index < -0.39 is 29.4 Å². The van der Waals surface area contributed by atoms with Gasteiger partial charge in [0.15, 0.2) is 5.69 Å². The number of ether oxygens (including phenoxy) is 1. The fourth-order valence-corrected chi connectivity index (χ4v) is 2.14. The summed E-state index contributed by atoms with van der Waals surface area (Å²) in [6, 6.07) is -0.858. The predicted molar refractivity (Wildman–Crippen MR) is 68.7 cm³/mol. The molecule has 0 aliphatic carbocycles. The van der Waals surface area contributed by atoms with E-state index in [-0.39, 0.29) is 6.61 Å². The molecule has 0 fully saturated rings. The monoisotopic (exact) mass is 317 g/mol. The van der Waals surface area contributed by atoms with Gasteiger partial charge in [0.2, 0.25) is 0 Å². The van der Waals surface area contributed by atoms with Gasteiger partial charge < -0.3 is 4.74 Å². The van der Waals surface area contributed by atoms with Gasteiger partial charge in [0.05, 0.1) is 18.8 Å². The SMILES string of the molecule is CCOC(=O)c1cnn(C2C=CN(O)C=C2C)c1C(F)(F)F. The van der Waals surface area contributed by atoms with Crippen LogP contribution in [0, 0.1) is 0 Å².